The summed E-state index contributed by atoms with van der Waals surface area (Å²) in [6.07, 6.45) is -4.55. The van der Waals surface area contributed by atoms with Gasteiger partial charge < -0.3 is 9.80 Å². The van der Waals surface area contributed by atoms with E-state index in [1.807, 2.05) is 4.90 Å². The number of carbonyl (C=O) groups excluding carboxylic acids is 2. The number of rotatable bonds is 2. The number of carbonyl (C=O) groups is 2. The molecule has 1 saturated heterocycles. The van der Waals surface area contributed by atoms with Gasteiger partial charge in [-0.05, 0) is 26.1 Å². The number of amides is 2. The van der Waals surface area contributed by atoms with Crippen LogP contribution in [0.1, 0.15) is 21.7 Å². The van der Waals surface area contributed by atoms with Crippen LogP contribution < -0.4 is 0 Å². The average Bonchev–Trinajstić information content (AvgIpc) is 2.53. The number of alkyl halides is 3. The van der Waals surface area contributed by atoms with E-state index in [1.54, 1.807) is 21.1 Å². The molecule has 2 rings (SSSR count). The summed E-state index contributed by atoms with van der Waals surface area (Å²) in [5.41, 5.74) is -0.886. The number of hydrogen-bond acceptors (Lipinski definition) is 4. The van der Waals surface area contributed by atoms with Crippen LogP contribution in [0, 0.1) is 6.92 Å². The minimum absolute atomic E-state index is 0.0224. The minimum atomic E-state index is -4.55. The molecule has 2 amide bonds. The van der Waals surface area contributed by atoms with Crippen molar-refractivity contribution >= 4 is 11.8 Å². The summed E-state index contributed by atoms with van der Waals surface area (Å²) in [7, 11) is 5.08. The molecule has 2 heterocycles. The van der Waals surface area contributed by atoms with E-state index in [2.05, 4.69) is 4.98 Å². The van der Waals surface area contributed by atoms with Crippen LogP contribution in [0.15, 0.2) is 12.1 Å². The predicted molar refractivity (Wildman–Crippen MR) is 85.0 cm³/mol. The molecule has 0 bridgehead atoms. The van der Waals surface area contributed by atoms with Crippen molar-refractivity contribution in [2.24, 2.45) is 0 Å². The number of aromatic nitrogens is 1. The Morgan fingerprint density at radius 2 is 1.88 bits per heavy atom. The molecule has 0 radical (unpaired) electrons. The first-order chi connectivity index (χ1) is 11.5. The van der Waals surface area contributed by atoms with Gasteiger partial charge in [-0.1, -0.05) is 0 Å². The van der Waals surface area contributed by atoms with E-state index in [1.165, 1.54) is 16.7 Å². The van der Waals surface area contributed by atoms with Gasteiger partial charge in [0.2, 0.25) is 5.91 Å². The molecule has 6 nitrogen and oxygen atoms in total. The topological polar surface area (TPSA) is 56.8 Å². The summed E-state index contributed by atoms with van der Waals surface area (Å²) in [6.45, 7) is 2.46. The van der Waals surface area contributed by atoms with Crippen LogP contribution >= 0.6 is 0 Å². The highest BCUT2D eigenvalue weighted by atomic mass is 19.4. The van der Waals surface area contributed by atoms with Gasteiger partial charge >= 0.3 is 6.18 Å². The number of piperazine rings is 1. The van der Waals surface area contributed by atoms with Gasteiger partial charge in [0.1, 0.15) is 11.7 Å². The van der Waals surface area contributed by atoms with Crippen LogP contribution in [0.4, 0.5) is 13.2 Å². The Morgan fingerprint density at radius 3 is 2.40 bits per heavy atom. The molecule has 138 valence electrons. The molecule has 1 aliphatic rings. The lowest BCUT2D eigenvalue weighted by molar-refractivity contribution is -0.141. The Labute approximate surface area is 144 Å². The van der Waals surface area contributed by atoms with Crippen LogP contribution in [0.5, 0.6) is 0 Å². The standard InChI is InChI=1S/C16H21F3N4O2/c1-10-11(5-6-13(20-10)16(17,18)19)14(24)23-8-7-22(4)12(9-23)15(25)21(2)3/h5-6,12H,7-9H2,1-4H3. The second-order valence-electron chi connectivity index (χ2n) is 6.31. The molecular weight excluding hydrogens is 337 g/mol. The highest BCUT2D eigenvalue weighted by Gasteiger charge is 2.35. The van der Waals surface area contributed by atoms with Gasteiger partial charge in [0.25, 0.3) is 5.91 Å². The van der Waals surface area contributed by atoms with E-state index >= 15 is 0 Å². The van der Waals surface area contributed by atoms with Gasteiger partial charge in [0.05, 0.1) is 11.3 Å². The number of halogens is 3. The molecule has 1 aliphatic heterocycles. The fraction of sp³-hybridized carbons (Fsp3) is 0.562. The minimum Gasteiger partial charge on any atom is -0.347 e. The average molecular weight is 358 g/mol. The number of likely N-dealkylation sites (N-methyl/N-ethyl adjacent to an activating group) is 2. The van der Waals surface area contributed by atoms with Crippen molar-refractivity contribution in [2.45, 2.75) is 19.1 Å². The third-order valence-corrected chi connectivity index (χ3v) is 4.27. The zero-order valence-corrected chi connectivity index (χ0v) is 14.6. The molecular formula is C16H21F3N4O2. The fourth-order valence-electron chi connectivity index (χ4n) is 2.74. The van der Waals surface area contributed by atoms with Crippen molar-refractivity contribution in [3.8, 4) is 0 Å². The molecule has 0 aliphatic carbocycles. The quantitative estimate of drug-likeness (QED) is 0.799. The zero-order chi connectivity index (χ0) is 18.9. The first-order valence-electron chi connectivity index (χ1n) is 7.78. The second-order valence-corrected chi connectivity index (χ2v) is 6.31. The molecule has 25 heavy (non-hydrogen) atoms. The van der Waals surface area contributed by atoms with Crippen molar-refractivity contribution in [1.82, 2.24) is 19.7 Å². The maximum atomic E-state index is 12.7. The summed E-state index contributed by atoms with van der Waals surface area (Å²) in [6, 6.07) is 1.48. The van der Waals surface area contributed by atoms with Crippen molar-refractivity contribution in [3.05, 3.63) is 29.1 Å². The van der Waals surface area contributed by atoms with Crippen LogP contribution in [-0.4, -0.2) is 78.3 Å². The molecule has 0 N–H and O–H groups in total. The molecule has 1 fully saturated rings. The van der Waals surface area contributed by atoms with Crippen LogP contribution in [0.25, 0.3) is 0 Å². The van der Waals surface area contributed by atoms with E-state index in [9.17, 15) is 22.8 Å². The molecule has 0 spiro atoms. The Morgan fingerprint density at radius 1 is 1.24 bits per heavy atom. The smallest absolute Gasteiger partial charge is 0.347 e. The lowest BCUT2D eigenvalue weighted by Gasteiger charge is -2.39. The largest absolute Gasteiger partial charge is 0.433 e. The van der Waals surface area contributed by atoms with E-state index in [0.717, 1.165) is 12.1 Å². The Kier molecular flexibility index (Phi) is 5.36. The summed E-state index contributed by atoms with van der Waals surface area (Å²) in [5.74, 6) is -0.536. The summed E-state index contributed by atoms with van der Waals surface area (Å²) in [5, 5.41) is 0. The molecule has 0 saturated carbocycles. The van der Waals surface area contributed by atoms with Gasteiger partial charge in [0, 0.05) is 33.7 Å². The first kappa shape index (κ1) is 19.2. The zero-order valence-electron chi connectivity index (χ0n) is 14.6. The van der Waals surface area contributed by atoms with E-state index < -0.39 is 23.8 Å². The molecule has 1 unspecified atom stereocenters. The van der Waals surface area contributed by atoms with Gasteiger partial charge in [-0.15, -0.1) is 0 Å². The van der Waals surface area contributed by atoms with Crippen LogP contribution in [0.2, 0.25) is 0 Å². The SMILES string of the molecule is Cc1nc(C(F)(F)F)ccc1C(=O)N1CCN(C)C(C(=O)N(C)C)C1. The number of nitrogens with zero attached hydrogens (tertiary/aromatic N) is 4. The van der Waals surface area contributed by atoms with Crippen LogP contribution in [-0.2, 0) is 11.0 Å². The van der Waals surface area contributed by atoms with Crippen molar-refractivity contribution in [2.75, 3.05) is 40.8 Å². The fourth-order valence-corrected chi connectivity index (χ4v) is 2.74. The van der Waals surface area contributed by atoms with Gasteiger partial charge in [0.15, 0.2) is 0 Å². The highest BCUT2D eigenvalue weighted by Crippen LogP contribution is 2.28. The highest BCUT2D eigenvalue weighted by molar-refractivity contribution is 5.96. The second kappa shape index (κ2) is 6.99. The van der Waals surface area contributed by atoms with Crippen molar-refractivity contribution in [1.29, 1.82) is 0 Å². The van der Waals surface area contributed by atoms with Crippen molar-refractivity contribution < 1.29 is 22.8 Å². The van der Waals surface area contributed by atoms with Gasteiger partial charge in [-0.25, -0.2) is 4.98 Å². The number of hydrogen-bond donors (Lipinski definition) is 0. The summed E-state index contributed by atoms with van der Waals surface area (Å²) < 4.78 is 38.1. The Hall–Kier alpha value is -2.16. The molecule has 1 atom stereocenters. The van der Waals surface area contributed by atoms with Gasteiger partial charge in [-0.3, -0.25) is 14.5 Å². The van der Waals surface area contributed by atoms with Crippen molar-refractivity contribution in [3.63, 3.8) is 0 Å². The molecule has 1 aromatic heterocycles. The lowest BCUT2D eigenvalue weighted by atomic mass is 10.1. The maximum Gasteiger partial charge on any atom is 0.433 e. The summed E-state index contributed by atoms with van der Waals surface area (Å²) >= 11 is 0. The maximum absolute atomic E-state index is 12.7. The monoisotopic (exact) mass is 358 g/mol. The Balaban J connectivity index is 2.22. The molecule has 1 aromatic rings. The van der Waals surface area contributed by atoms with Gasteiger partial charge in [-0.2, -0.15) is 13.2 Å². The van der Waals surface area contributed by atoms with E-state index in [0.29, 0.717) is 13.1 Å². The third kappa shape index (κ3) is 4.09. The van der Waals surface area contributed by atoms with E-state index in [4.69, 9.17) is 0 Å². The first-order valence-corrected chi connectivity index (χ1v) is 7.78. The number of pyridine rings is 1. The third-order valence-electron chi connectivity index (χ3n) is 4.27. The van der Waals surface area contributed by atoms with Crippen LogP contribution in [0.3, 0.4) is 0 Å². The summed E-state index contributed by atoms with van der Waals surface area (Å²) in [4.78, 5) is 33.2. The molecule has 9 heteroatoms. The lowest BCUT2D eigenvalue weighted by Crippen LogP contribution is -2.58. The Bertz CT molecular complexity index is 676. The molecule has 0 aromatic carbocycles. The normalized spacial score (nSPS) is 19.0. The predicted octanol–water partition coefficient (Wildman–Crippen LogP) is 1.25. The van der Waals surface area contributed by atoms with E-state index in [-0.39, 0.29) is 23.7 Å². The number of aryl methyl sites for hydroxylation is 1.